The van der Waals surface area contributed by atoms with Crippen LogP contribution in [0, 0.1) is 0 Å². The van der Waals surface area contributed by atoms with Crippen LogP contribution in [0.1, 0.15) is 5.56 Å². The first-order valence-electron chi connectivity index (χ1n) is 8.30. The molecule has 0 aliphatic carbocycles. The summed E-state index contributed by atoms with van der Waals surface area (Å²) in [5.74, 6) is 1.19. The molecule has 0 saturated heterocycles. The van der Waals surface area contributed by atoms with Gasteiger partial charge in [0.1, 0.15) is 12.2 Å². The van der Waals surface area contributed by atoms with Gasteiger partial charge in [-0.2, -0.15) is 4.57 Å². The SMILES string of the molecule is c1ccc(-n2c3[n+](c4cc5cnccn5c42)Cc2ccncc2-3)cc1. The summed E-state index contributed by atoms with van der Waals surface area (Å²) in [7, 11) is 0. The zero-order valence-electron chi connectivity index (χ0n) is 13.4. The lowest BCUT2D eigenvalue weighted by Crippen LogP contribution is -2.31. The van der Waals surface area contributed by atoms with E-state index in [0.29, 0.717) is 0 Å². The van der Waals surface area contributed by atoms with Gasteiger partial charge in [-0.1, -0.05) is 18.2 Å². The molecule has 5 heterocycles. The number of benzene rings is 1. The van der Waals surface area contributed by atoms with Crippen molar-refractivity contribution in [2.24, 2.45) is 0 Å². The fourth-order valence-electron chi connectivity index (χ4n) is 3.94. The van der Waals surface area contributed by atoms with Crippen LogP contribution in [0.4, 0.5) is 0 Å². The van der Waals surface area contributed by atoms with E-state index < -0.39 is 0 Å². The van der Waals surface area contributed by atoms with Crippen molar-refractivity contribution in [1.29, 1.82) is 0 Å². The number of imidazole rings is 1. The van der Waals surface area contributed by atoms with Gasteiger partial charge in [-0.15, -0.1) is 0 Å². The summed E-state index contributed by atoms with van der Waals surface area (Å²) in [5, 5.41) is 0. The summed E-state index contributed by atoms with van der Waals surface area (Å²) < 4.78 is 6.91. The van der Waals surface area contributed by atoms with Gasteiger partial charge in [0, 0.05) is 36.4 Å². The fourth-order valence-corrected chi connectivity index (χ4v) is 3.94. The van der Waals surface area contributed by atoms with E-state index in [4.69, 9.17) is 0 Å². The minimum atomic E-state index is 0.869. The second-order valence-electron chi connectivity index (χ2n) is 6.34. The van der Waals surface area contributed by atoms with E-state index in [-0.39, 0.29) is 0 Å². The Kier molecular flexibility index (Phi) is 2.34. The molecule has 5 heteroatoms. The Morgan fingerprint density at radius 1 is 0.960 bits per heavy atom. The maximum absolute atomic E-state index is 4.36. The first-order valence-corrected chi connectivity index (χ1v) is 8.30. The Labute approximate surface area is 143 Å². The van der Waals surface area contributed by atoms with Crippen molar-refractivity contribution < 1.29 is 4.57 Å². The standard InChI is InChI=1S/C20H14N5/c1-2-4-15(5-3-1)25-19-17-12-21-7-6-14(17)13-24(19)18-10-16-11-22-8-9-23(16)20(18)25/h1-12H,13H2/q+1. The van der Waals surface area contributed by atoms with Crippen LogP contribution in [0.15, 0.2) is 73.4 Å². The smallest absolute Gasteiger partial charge is 0.277 e. The summed E-state index contributed by atoms with van der Waals surface area (Å²) in [6, 6.07) is 14.8. The average molecular weight is 324 g/mol. The minimum Gasteiger partial charge on any atom is -0.277 e. The number of aromatic nitrogens is 5. The van der Waals surface area contributed by atoms with E-state index in [2.05, 4.69) is 59.9 Å². The molecule has 1 aromatic carbocycles. The maximum atomic E-state index is 4.36. The lowest BCUT2D eigenvalue weighted by molar-refractivity contribution is -0.645. The van der Waals surface area contributed by atoms with Gasteiger partial charge >= 0.3 is 0 Å². The lowest BCUT2D eigenvalue weighted by atomic mass is 10.2. The van der Waals surface area contributed by atoms with E-state index >= 15 is 0 Å². The highest BCUT2D eigenvalue weighted by molar-refractivity contribution is 5.84. The lowest BCUT2D eigenvalue weighted by Gasteiger charge is -2.02. The van der Waals surface area contributed by atoms with Gasteiger partial charge < -0.3 is 0 Å². The van der Waals surface area contributed by atoms with Gasteiger partial charge in [0.15, 0.2) is 5.52 Å². The summed E-state index contributed by atoms with van der Waals surface area (Å²) in [5.41, 5.74) is 7.13. The highest BCUT2D eigenvalue weighted by Crippen LogP contribution is 2.34. The van der Waals surface area contributed by atoms with Gasteiger partial charge in [0.05, 0.1) is 17.3 Å². The molecule has 0 atom stereocenters. The highest BCUT2D eigenvalue weighted by atomic mass is 15.2. The molecular formula is C20H14N5+. The van der Waals surface area contributed by atoms with Gasteiger partial charge in [0.2, 0.25) is 0 Å². The third-order valence-corrected chi connectivity index (χ3v) is 4.99. The predicted molar refractivity (Wildman–Crippen MR) is 94.6 cm³/mol. The van der Waals surface area contributed by atoms with Gasteiger partial charge in [0.25, 0.3) is 11.5 Å². The molecule has 118 valence electrons. The molecule has 0 bridgehead atoms. The largest absolute Gasteiger partial charge is 0.298 e. The molecule has 25 heavy (non-hydrogen) atoms. The Hall–Kier alpha value is -3.47. The third kappa shape index (κ3) is 1.59. The molecule has 6 rings (SSSR count). The molecule has 0 amide bonds. The van der Waals surface area contributed by atoms with Gasteiger partial charge in [-0.25, -0.2) is 4.57 Å². The number of nitrogens with zero attached hydrogens (tertiary/aromatic N) is 5. The van der Waals surface area contributed by atoms with Crippen molar-refractivity contribution in [2.75, 3.05) is 0 Å². The first kappa shape index (κ1) is 12.9. The molecule has 0 radical (unpaired) electrons. The van der Waals surface area contributed by atoms with Crippen molar-refractivity contribution in [2.45, 2.75) is 6.54 Å². The molecule has 1 aliphatic rings. The van der Waals surface area contributed by atoms with Gasteiger partial charge in [-0.05, 0) is 18.2 Å². The van der Waals surface area contributed by atoms with Gasteiger partial charge in [-0.3, -0.25) is 14.4 Å². The Bertz CT molecular complexity index is 1260. The van der Waals surface area contributed by atoms with Crippen molar-refractivity contribution in [3.05, 3.63) is 79.0 Å². The van der Waals surface area contributed by atoms with Crippen LogP contribution in [-0.2, 0) is 6.54 Å². The number of fused-ring (bicyclic) bond motifs is 7. The molecule has 0 fully saturated rings. The second-order valence-corrected chi connectivity index (χ2v) is 6.34. The summed E-state index contributed by atoms with van der Waals surface area (Å²) >= 11 is 0. The van der Waals surface area contributed by atoms with E-state index in [1.54, 1.807) is 0 Å². The van der Waals surface area contributed by atoms with E-state index in [1.807, 2.05) is 37.1 Å². The summed E-state index contributed by atoms with van der Waals surface area (Å²) in [6.45, 7) is 0.869. The quantitative estimate of drug-likeness (QED) is 0.436. The Balaban J connectivity index is 1.84. The first-order chi connectivity index (χ1) is 12.4. The Morgan fingerprint density at radius 3 is 2.76 bits per heavy atom. The average Bonchev–Trinajstić information content (AvgIpc) is 3.30. The number of rotatable bonds is 1. The monoisotopic (exact) mass is 324 g/mol. The van der Waals surface area contributed by atoms with Crippen LogP contribution in [-0.4, -0.2) is 18.9 Å². The fraction of sp³-hybridized carbons (Fsp3) is 0.0500. The number of hydrogen-bond donors (Lipinski definition) is 0. The van der Waals surface area contributed by atoms with Crippen molar-refractivity contribution in [3.8, 4) is 17.1 Å². The summed E-state index contributed by atoms with van der Waals surface area (Å²) in [4.78, 5) is 8.64. The van der Waals surface area contributed by atoms with E-state index in [0.717, 1.165) is 23.4 Å². The number of pyridine rings is 1. The van der Waals surface area contributed by atoms with Crippen LogP contribution < -0.4 is 4.57 Å². The molecule has 0 unspecified atom stereocenters. The molecule has 4 aromatic heterocycles. The molecule has 0 N–H and O–H groups in total. The zero-order chi connectivity index (χ0) is 16.4. The van der Waals surface area contributed by atoms with Crippen LogP contribution in [0.3, 0.4) is 0 Å². The number of para-hydroxylation sites is 1. The van der Waals surface area contributed by atoms with Crippen LogP contribution in [0.25, 0.3) is 33.8 Å². The maximum Gasteiger partial charge on any atom is 0.298 e. The van der Waals surface area contributed by atoms with Crippen molar-refractivity contribution in [3.63, 3.8) is 0 Å². The second kappa shape index (κ2) is 4.54. The van der Waals surface area contributed by atoms with Crippen molar-refractivity contribution >= 4 is 16.7 Å². The molecule has 5 nitrogen and oxygen atoms in total. The molecule has 5 aromatic rings. The van der Waals surface area contributed by atoms with E-state index in [1.165, 1.54) is 22.5 Å². The molecule has 0 spiro atoms. The molecule has 0 saturated carbocycles. The molecule has 1 aliphatic heterocycles. The summed E-state index contributed by atoms with van der Waals surface area (Å²) in [6.07, 6.45) is 9.61. The van der Waals surface area contributed by atoms with Crippen LogP contribution in [0.5, 0.6) is 0 Å². The van der Waals surface area contributed by atoms with E-state index in [9.17, 15) is 0 Å². The molecular weight excluding hydrogens is 310 g/mol. The third-order valence-electron chi connectivity index (χ3n) is 4.99. The zero-order valence-corrected chi connectivity index (χ0v) is 13.4. The Morgan fingerprint density at radius 2 is 1.84 bits per heavy atom. The number of hydrogen-bond acceptors (Lipinski definition) is 2. The topological polar surface area (TPSA) is 39.0 Å². The van der Waals surface area contributed by atoms with Crippen LogP contribution >= 0.6 is 0 Å². The normalized spacial score (nSPS) is 12.6. The minimum absolute atomic E-state index is 0.869. The predicted octanol–water partition coefficient (Wildman–Crippen LogP) is 2.99. The van der Waals surface area contributed by atoms with Crippen molar-refractivity contribution in [1.82, 2.24) is 18.9 Å². The van der Waals surface area contributed by atoms with Crippen LogP contribution in [0.2, 0.25) is 0 Å². The highest BCUT2D eigenvalue weighted by Gasteiger charge is 2.36.